The van der Waals surface area contributed by atoms with Crippen LogP contribution >= 0.6 is 8.45 Å². The van der Waals surface area contributed by atoms with Gasteiger partial charge in [-0.25, -0.2) is 14.2 Å². The van der Waals surface area contributed by atoms with E-state index in [9.17, 15) is 35.9 Å². The van der Waals surface area contributed by atoms with Crippen molar-refractivity contribution < 1.29 is 55.0 Å². The van der Waals surface area contributed by atoms with Crippen molar-refractivity contribution in [3.8, 4) is 0 Å². The van der Waals surface area contributed by atoms with Crippen molar-refractivity contribution in [2.75, 3.05) is 39.5 Å². The number of nitrogens with zero attached hydrogens (tertiary/aromatic N) is 2. The average molecular weight is 617 g/mol. The van der Waals surface area contributed by atoms with Crippen LogP contribution < -0.4 is 10.6 Å². The Bertz CT molecular complexity index is 672. The molecule has 40 heavy (non-hydrogen) atoms. The van der Waals surface area contributed by atoms with E-state index in [1.807, 2.05) is 55.4 Å². The van der Waals surface area contributed by atoms with Gasteiger partial charge >= 0.3 is 24.2 Å². The highest BCUT2D eigenvalue weighted by Gasteiger charge is 2.39. The quantitative estimate of drug-likeness (QED) is 0.0734. The molecule has 0 aliphatic heterocycles. The van der Waals surface area contributed by atoms with E-state index >= 15 is 0 Å². The normalized spacial score (nSPS) is 13.2. The Balaban J connectivity index is 5.39. The molecule has 0 fully saturated rings. The maximum Gasteiger partial charge on any atom is 0.471 e. The van der Waals surface area contributed by atoms with E-state index in [1.165, 1.54) is 0 Å². The molecule has 0 aliphatic rings. The molecule has 0 saturated heterocycles. The van der Waals surface area contributed by atoms with Gasteiger partial charge in [-0.2, -0.15) is 31.0 Å². The van der Waals surface area contributed by atoms with Gasteiger partial charge in [0.15, 0.2) is 0 Å². The summed E-state index contributed by atoms with van der Waals surface area (Å²) < 4.78 is 94.9. The summed E-state index contributed by atoms with van der Waals surface area (Å²) in [5.74, 6) is -4.21. The number of amides is 2. The molecule has 0 aromatic heterocycles. The predicted molar refractivity (Wildman–Crippen MR) is 137 cm³/mol. The second-order valence-corrected chi connectivity index (χ2v) is 11.4. The molecule has 0 unspecified atom stereocenters. The minimum absolute atomic E-state index is 0.0650. The van der Waals surface area contributed by atoms with Crippen LogP contribution in [0.4, 0.5) is 26.3 Å². The Kier molecular flexibility index (Phi) is 17.7. The molecule has 0 spiro atoms. The third-order valence-corrected chi connectivity index (χ3v) is 7.80. The zero-order valence-electron chi connectivity index (χ0n) is 24.2. The first kappa shape index (κ1) is 38.7. The van der Waals surface area contributed by atoms with Gasteiger partial charge in [-0.05, 0) is 55.4 Å². The van der Waals surface area contributed by atoms with Gasteiger partial charge in [-0.3, -0.25) is 9.59 Å². The molecule has 2 amide bonds. The minimum atomic E-state index is -5.02. The fourth-order valence-corrected chi connectivity index (χ4v) is 5.66. The Morgan fingerprint density at radius 1 is 0.675 bits per heavy atom. The summed E-state index contributed by atoms with van der Waals surface area (Å²) in [5, 5.41) is 3.35. The molecule has 0 bridgehead atoms. The monoisotopic (exact) mass is 616 g/mol. The van der Waals surface area contributed by atoms with Crippen LogP contribution in [0.3, 0.4) is 0 Å². The van der Waals surface area contributed by atoms with Crippen molar-refractivity contribution >= 4 is 20.3 Å². The molecule has 0 aromatic carbocycles. The second-order valence-electron chi connectivity index (χ2n) is 9.84. The molecule has 0 atom stereocenters. The lowest BCUT2D eigenvalue weighted by Gasteiger charge is -2.44. The lowest BCUT2D eigenvalue weighted by Crippen LogP contribution is -2.44. The molecule has 0 aliphatic carbocycles. The Morgan fingerprint density at radius 3 is 1.27 bits per heavy atom. The number of ether oxygens (including phenoxy) is 2. The summed E-state index contributed by atoms with van der Waals surface area (Å²) in [4.78, 5) is 27.6. The van der Waals surface area contributed by atoms with Crippen LogP contribution in [0.2, 0.25) is 0 Å². The van der Waals surface area contributed by atoms with Gasteiger partial charge in [0.1, 0.15) is 6.10 Å². The van der Waals surface area contributed by atoms with E-state index < -0.39 is 51.8 Å². The van der Waals surface area contributed by atoms with Gasteiger partial charge < -0.3 is 20.1 Å². The summed E-state index contributed by atoms with van der Waals surface area (Å²) in [6.07, 6.45) is -11.0. The zero-order chi connectivity index (χ0) is 31.3. The van der Waals surface area contributed by atoms with E-state index in [0.717, 1.165) is 0 Å². The number of hydrogen-bond acceptors (Lipinski definition) is 8. The van der Waals surface area contributed by atoms with Crippen LogP contribution in [0.1, 0.15) is 55.4 Å². The van der Waals surface area contributed by atoms with Crippen molar-refractivity contribution in [2.24, 2.45) is 0 Å². The first-order valence-corrected chi connectivity index (χ1v) is 14.0. The fourth-order valence-electron chi connectivity index (χ4n) is 3.49. The molecule has 0 rings (SSSR count). The smallest absolute Gasteiger partial charge is 0.377 e. The standard InChI is InChI=1S/C23H43F6N4O6P/c1-15(2)32(16(3)4)40(33(17(5)6)18(7)8)39-38-19(13-36-11-9-30-20(34)22(24,25)26)14-37-12-10-31-21(35)23(27,28)29/h15-19H,9-14H2,1-8H3,(H,30,34)(H,31,35). The molecular formula is C23H43F6N4O6P. The summed E-state index contributed by atoms with van der Waals surface area (Å²) in [7, 11) is -1.50. The first-order valence-electron chi connectivity index (χ1n) is 12.9. The van der Waals surface area contributed by atoms with E-state index in [0.29, 0.717) is 0 Å². The second kappa shape index (κ2) is 18.3. The summed E-state index contributed by atoms with van der Waals surface area (Å²) in [5.41, 5.74) is 0. The number of carbonyl (C=O) groups excluding carboxylic acids is 2. The van der Waals surface area contributed by atoms with Gasteiger partial charge in [0.2, 0.25) is 8.45 Å². The largest absolute Gasteiger partial charge is 0.471 e. The Morgan fingerprint density at radius 2 is 1.00 bits per heavy atom. The van der Waals surface area contributed by atoms with Crippen LogP contribution in [-0.2, 0) is 28.6 Å². The molecule has 0 aromatic rings. The van der Waals surface area contributed by atoms with E-state index in [2.05, 4.69) is 9.34 Å². The highest BCUT2D eigenvalue weighted by Crippen LogP contribution is 2.51. The number of rotatable bonds is 19. The number of alkyl halides is 6. The van der Waals surface area contributed by atoms with Crippen molar-refractivity contribution in [3.05, 3.63) is 0 Å². The van der Waals surface area contributed by atoms with Crippen LogP contribution in [0.5, 0.6) is 0 Å². The summed E-state index contributed by atoms with van der Waals surface area (Å²) >= 11 is 0. The Labute approximate surface area is 233 Å². The van der Waals surface area contributed by atoms with E-state index in [4.69, 9.17) is 19.0 Å². The third kappa shape index (κ3) is 15.1. The third-order valence-electron chi connectivity index (χ3n) is 4.94. The SMILES string of the molecule is CC(C)N(C(C)C)P(OOC(COCCNC(=O)C(F)(F)F)COCCNC(=O)C(F)(F)F)N(C(C)C)C(C)C. The van der Waals surface area contributed by atoms with Crippen molar-refractivity contribution in [1.29, 1.82) is 0 Å². The van der Waals surface area contributed by atoms with Gasteiger partial charge in [-0.1, -0.05) is 0 Å². The molecule has 10 nitrogen and oxygen atoms in total. The predicted octanol–water partition coefficient (Wildman–Crippen LogP) is 4.16. The highest BCUT2D eigenvalue weighted by atomic mass is 31.2. The molecule has 17 heteroatoms. The first-order chi connectivity index (χ1) is 18.3. The molecular weight excluding hydrogens is 573 g/mol. The number of hydrogen-bond donors (Lipinski definition) is 2. The molecule has 0 heterocycles. The lowest BCUT2D eigenvalue weighted by atomic mass is 10.3. The highest BCUT2D eigenvalue weighted by molar-refractivity contribution is 7.47. The van der Waals surface area contributed by atoms with Gasteiger partial charge in [0.25, 0.3) is 0 Å². The summed E-state index contributed by atoms with van der Waals surface area (Å²) in [6, 6.07) is 0.260. The summed E-state index contributed by atoms with van der Waals surface area (Å²) in [6.45, 7) is 14.2. The fraction of sp³-hybridized carbons (Fsp3) is 0.913. The molecule has 2 N–H and O–H groups in total. The molecule has 0 saturated carbocycles. The van der Waals surface area contributed by atoms with Crippen molar-refractivity contribution in [3.63, 3.8) is 0 Å². The van der Waals surface area contributed by atoms with Gasteiger partial charge in [0, 0.05) is 37.3 Å². The zero-order valence-corrected chi connectivity index (χ0v) is 25.1. The van der Waals surface area contributed by atoms with E-state index in [1.54, 1.807) is 10.6 Å². The lowest BCUT2D eigenvalue weighted by molar-refractivity contribution is -0.268. The van der Waals surface area contributed by atoms with Crippen molar-refractivity contribution in [1.82, 2.24) is 20.0 Å². The van der Waals surface area contributed by atoms with Gasteiger partial charge in [-0.15, -0.1) is 0 Å². The van der Waals surface area contributed by atoms with Gasteiger partial charge in [0.05, 0.1) is 26.4 Å². The number of nitrogens with one attached hydrogen (secondary N) is 2. The van der Waals surface area contributed by atoms with E-state index in [-0.39, 0.29) is 50.6 Å². The van der Waals surface area contributed by atoms with Crippen LogP contribution in [0, 0.1) is 0 Å². The topological polar surface area (TPSA) is 102 Å². The molecule has 238 valence electrons. The van der Waals surface area contributed by atoms with Crippen molar-refractivity contribution in [2.45, 2.75) is 98.0 Å². The van der Waals surface area contributed by atoms with Crippen LogP contribution in [0.15, 0.2) is 0 Å². The maximum atomic E-state index is 12.3. The van der Waals surface area contributed by atoms with Crippen LogP contribution in [-0.4, -0.2) is 103 Å². The average Bonchev–Trinajstić information content (AvgIpc) is 2.78. The Hall–Kier alpha value is -1.29. The maximum absolute atomic E-state index is 12.3. The number of halogens is 6. The number of carbonyl (C=O) groups is 2. The molecule has 0 radical (unpaired) electrons. The van der Waals surface area contributed by atoms with Crippen LogP contribution in [0.25, 0.3) is 0 Å². The minimum Gasteiger partial charge on any atom is -0.377 e.